The summed E-state index contributed by atoms with van der Waals surface area (Å²) in [6.45, 7) is 1.41. The number of aliphatic carboxylic acids is 1. The molecule has 0 unspecified atom stereocenters. The zero-order chi connectivity index (χ0) is 12.3. The van der Waals surface area contributed by atoms with E-state index in [1.165, 1.54) is 13.0 Å². The van der Waals surface area contributed by atoms with Crippen LogP contribution >= 0.6 is 0 Å². The summed E-state index contributed by atoms with van der Waals surface area (Å²) < 4.78 is 0. The summed E-state index contributed by atoms with van der Waals surface area (Å²) in [5, 5.41) is 26.8. The molecule has 0 spiro atoms. The van der Waals surface area contributed by atoms with Crippen molar-refractivity contribution in [2.45, 2.75) is 18.9 Å². The van der Waals surface area contributed by atoms with Gasteiger partial charge in [0.25, 0.3) is 0 Å². The molecule has 5 nitrogen and oxygen atoms in total. The van der Waals surface area contributed by atoms with Crippen molar-refractivity contribution in [1.82, 2.24) is 0 Å². The summed E-state index contributed by atoms with van der Waals surface area (Å²) >= 11 is 0. The van der Waals surface area contributed by atoms with Gasteiger partial charge in [-0.25, -0.2) is 0 Å². The largest absolute Gasteiger partial charge is 0.488 e. The molecule has 1 atom stereocenters. The predicted molar refractivity (Wildman–Crippen MR) is 60.2 cm³/mol. The van der Waals surface area contributed by atoms with Crippen LogP contribution in [0, 0.1) is 0 Å². The molecule has 0 bridgehead atoms. The molecule has 0 aliphatic carbocycles. The standard InChI is InChI=1S/C10H14BNO4/c1-10(12,9(13)14)6-7-3-2-4-8(5-7)11(15)16/h2-5,15-16H,6,12H2,1H3,(H,13,14)/t10-/m1/s1. The van der Waals surface area contributed by atoms with Crippen molar-refractivity contribution in [2.24, 2.45) is 5.73 Å². The third-order valence-corrected chi connectivity index (χ3v) is 2.31. The lowest BCUT2D eigenvalue weighted by Gasteiger charge is -2.19. The number of rotatable bonds is 4. The monoisotopic (exact) mass is 223 g/mol. The Hall–Kier alpha value is -1.37. The Kier molecular flexibility index (Phi) is 3.69. The number of benzene rings is 1. The number of carboxylic acids is 1. The molecule has 1 aromatic rings. The first kappa shape index (κ1) is 12.7. The van der Waals surface area contributed by atoms with Crippen molar-refractivity contribution >= 4 is 18.6 Å². The molecule has 0 radical (unpaired) electrons. The highest BCUT2D eigenvalue weighted by atomic mass is 16.4. The van der Waals surface area contributed by atoms with Crippen LogP contribution in [0.15, 0.2) is 24.3 Å². The Morgan fingerprint density at radius 2 is 2.12 bits per heavy atom. The first-order valence-electron chi connectivity index (χ1n) is 4.80. The Morgan fingerprint density at radius 1 is 1.50 bits per heavy atom. The minimum Gasteiger partial charge on any atom is -0.480 e. The van der Waals surface area contributed by atoms with E-state index in [1.54, 1.807) is 18.2 Å². The highest BCUT2D eigenvalue weighted by molar-refractivity contribution is 6.58. The summed E-state index contributed by atoms with van der Waals surface area (Å²) in [7, 11) is -1.56. The molecular weight excluding hydrogens is 209 g/mol. The van der Waals surface area contributed by atoms with Crippen LogP contribution in [-0.2, 0) is 11.2 Å². The molecule has 0 saturated carbocycles. The van der Waals surface area contributed by atoms with Crippen molar-refractivity contribution in [2.75, 3.05) is 0 Å². The molecule has 0 saturated heterocycles. The molecule has 0 heterocycles. The molecule has 1 rings (SSSR count). The van der Waals surface area contributed by atoms with Crippen LogP contribution < -0.4 is 11.2 Å². The van der Waals surface area contributed by atoms with Gasteiger partial charge in [0, 0.05) is 6.42 Å². The second-order valence-corrected chi connectivity index (χ2v) is 4.02. The maximum absolute atomic E-state index is 10.8. The fourth-order valence-corrected chi connectivity index (χ4v) is 1.36. The molecule has 6 heteroatoms. The van der Waals surface area contributed by atoms with Crippen molar-refractivity contribution in [3.63, 3.8) is 0 Å². The Morgan fingerprint density at radius 3 is 2.62 bits per heavy atom. The lowest BCUT2D eigenvalue weighted by molar-refractivity contribution is -0.142. The van der Waals surface area contributed by atoms with E-state index in [0.717, 1.165) is 0 Å². The predicted octanol–water partition coefficient (Wildman–Crippen LogP) is -1.29. The van der Waals surface area contributed by atoms with Gasteiger partial charge in [-0.2, -0.15) is 0 Å². The lowest BCUT2D eigenvalue weighted by atomic mass is 9.78. The molecule has 0 aliphatic rings. The highest BCUT2D eigenvalue weighted by Crippen LogP contribution is 2.10. The van der Waals surface area contributed by atoms with E-state index in [1.807, 2.05) is 0 Å². The second kappa shape index (κ2) is 4.65. The van der Waals surface area contributed by atoms with Crippen molar-refractivity contribution in [3.05, 3.63) is 29.8 Å². The summed E-state index contributed by atoms with van der Waals surface area (Å²) in [6, 6.07) is 6.39. The fourth-order valence-electron chi connectivity index (χ4n) is 1.36. The smallest absolute Gasteiger partial charge is 0.480 e. The van der Waals surface area contributed by atoms with Crippen LogP contribution in [0.5, 0.6) is 0 Å². The van der Waals surface area contributed by atoms with Gasteiger partial charge in [-0.1, -0.05) is 24.3 Å². The molecule has 0 aliphatic heterocycles. The molecular formula is C10H14BNO4. The minimum atomic E-state index is -1.56. The first-order chi connectivity index (χ1) is 7.33. The van der Waals surface area contributed by atoms with Crippen molar-refractivity contribution in [1.29, 1.82) is 0 Å². The highest BCUT2D eigenvalue weighted by Gasteiger charge is 2.28. The van der Waals surface area contributed by atoms with Gasteiger partial charge in [0.05, 0.1) is 0 Å². The molecule has 86 valence electrons. The normalized spacial score (nSPS) is 14.2. The number of hydrogen-bond donors (Lipinski definition) is 4. The van der Waals surface area contributed by atoms with E-state index < -0.39 is 18.6 Å². The summed E-state index contributed by atoms with van der Waals surface area (Å²) in [4.78, 5) is 10.8. The Bertz CT molecular complexity index is 392. The van der Waals surface area contributed by atoms with Gasteiger partial charge in [0.2, 0.25) is 0 Å². The van der Waals surface area contributed by atoms with Crippen LogP contribution in [0.3, 0.4) is 0 Å². The topological polar surface area (TPSA) is 104 Å². The lowest BCUT2D eigenvalue weighted by Crippen LogP contribution is -2.47. The zero-order valence-corrected chi connectivity index (χ0v) is 8.92. The van der Waals surface area contributed by atoms with Crippen LogP contribution in [0.1, 0.15) is 12.5 Å². The molecule has 16 heavy (non-hydrogen) atoms. The molecule has 0 aromatic heterocycles. The van der Waals surface area contributed by atoms with E-state index in [-0.39, 0.29) is 6.42 Å². The quantitative estimate of drug-likeness (QED) is 0.475. The SMILES string of the molecule is C[C@@](N)(Cc1cccc(B(O)O)c1)C(=O)O. The van der Waals surface area contributed by atoms with Gasteiger partial charge in [-0.3, -0.25) is 4.79 Å². The maximum Gasteiger partial charge on any atom is 0.488 e. The van der Waals surface area contributed by atoms with Crippen LogP contribution in [-0.4, -0.2) is 33.8 Å². The van der Waals surface area contributed by atoms with E-state index in [2.05, 4.69) is 0 Å². The number of hydrogen-bond acceptors (Lipinski definition) is 4. The molecule has 5 N–H and O–H groups in total. The van der Waals surface area contributed by atoms with E-state index in [9.17, 15) is 4.79 Å². The number of nitrogens with two attached hydrogens (primary N) is 1. The fraction of sp³-hybridized carbons (Fsp3) is 0.300. The van der Waals surface area contributed by atoms with Gasteiger partial charge in [0.15, 0.2) is 0 Å². The first-order valence-corrected chi connectivity index (χ1v) is 4.80. The average molecular weight is 223 g/mol. The van der Waals surface area contributed by atoms with Crippen molar-refractivity contribution < 1.29 is 19.9 Å². The van der Waals surface area contributed by atoms with Gasteiger partial charge in [0.1, 0.15) is 5.54 Å². The molecule has 0 fully saturated rings. The van der Waals surface area contributed by atoms with Crippen LogP contribution in [0.4, 0.5) is 0 Å². The van der Waals surface area contributed by atoms with E-state index in [0.29, 0.717) is 11.0 Å². The zero-order valence-electron chi connectivity index (χ0n) is 8.92. The number of carbonyl (C=O) groups is 1. The van der Waals surface area contributed by atoms with Gasteiger partial charge in [-0.15, -0.1) is 0 Å². The van der Waals surface area contributed by atoms with Gasteiger partial charge >= 0.3 is 13.1 Å². The summed E-state index contributed by atoms with van der Waals surface area (Å²) in [6.07, 6.45) is 0.128. The third kappa shape index (κ3) is 3.06. The van der Waals surface area contributed by atoms with E-state index in [4.69, 9.17) is 20.9 Å². The van der Waals surface area contributed by atoms with Gasteiger partial charge in [-0.05, 0) is 17.9 Å². The Balaban J connectivity index is 2.90. The third-order valence-electron chi connectivity index (χ3n) is 2.31. The summed E-state index contributed by atoms with van der Waals surface area (Å²) in [5.41, 5.74) is 5.20. The second-order valence-electron chi connectivity index (χ2n) is 4.02. The van der Waals surface area contributed by atoms with E-state index >= 15 is 0 Å². The average Bonchev–Trinajstić information content (AvgIpc) is 2.17. The van der Waals surface area contributed by atoms with Gasteiger partial charge < -0.3 is 20.9 Å². The maximum atomic E-state index is 10.8. The Labute approximate surface area is 93.7 Å². The number of carboxylic acid groups (broad SMARTS) is 1. The van der Waals surface area contributed by atoms with Crippen LogP contribution in [0.25, 0.3) is 0 Å². The van der Waals surface area contributed by atoms with Crippen molar-refractivity contribution in [3.8, 4) is 0 Å². The summed E-state index contributed by atoms with van der Waals surface area (Å²) in [5.74, 6) is -1.09. The van der Waals surface area contributed by atoms with Crippen LogP contribution in [0.2, 0.25) is 0 Å². The molecule has 0 amide bonds. The molecule has 1 aromatic carbocycles. The minimum absolute atomic E-state index is 0.128.